The molecule has 2 aliphatic rings. The standard InChI is InChI=1S/C29H30Cl4O/c1-28(2)22(24(28)15-26(32)17-5-9-19(30)10-6-17)13-21(34)14-23-25(29(23,3)4)16-27(33)18-7-11-20(31)12-8-18/h5-12,15-16,22-25H,13-14H2,1-4H3. The molecule has 5 heteroatoms. The Morgan fingerprint density at radius 2 is 1.03 bits per heavy atom. The summed E-state index contributed by atoms with van der Waals surface area (Å²) in [5, 5.41) is 2.81. The van der Waals surface area contributed by atoms with E-state index in [1.54, 1.807) is 0 Å². The SMILES string of the molecule is CC1(C)C(C=C(Cl)c2ccc(Cl)cc2)C1CC(=O)CC1C(C=C(Cl)c2ccc(Cl)cc2)C1(C)C. The molecular formula is C29H30Cl4O. The Bertz CT molecular complexity index is 1040. The van der Waals surface area contributed by atoms with Gasteiger partial charge < -0.3 is 0 Å². The molecule has 0 aromatic heterocycles. The summed E-state index contributed by atoms with van der Waals surface area (Å²) in [6.07, 6.45) is 5.40. The first kappa shape index (κ1) is 25.8. The Morgan fingerprint density at radius 3 is 1.35 bits per heavy atom. The molecule has 4 atom stereocenters. The molecule has 2 aliphatic carbocycles. The summed E-state index contributed by atoms with van der Waals surface area (Å²) in [5.41, 5.74) is 2.04. The average molecular weight is 536 g/mol. The Morgan fingerprint density at radius 1 is 0.706 bits per heavy atom. The number of ketones is 1. The number of allylic oxidation sites excluding steroid dienone is 2. The molecule has 0 heterocycles. The molecular weight excluding hydrogens is 506 g/mol. The molecule has 4 rings (SSSR count). The van der Waals surface area contributed by atoms with Gasteiger partial charge in [0.1, 0.15) is 5.78 Å². The van der Waals surface area contributed by atoms with Crippen LogP contribution < -0.4 is 0 Å². The van der Waals surface area contributed by atoms with Crippen molar-refractivity contribution in [2.45, 2.75) is 40.5 Å². The second kappa shape index (κ2) is 9.66. The van der Waals surface area contributed by atoms with Crippen molar-refractivity contribution < 1.29 is 4.79 Å². The van der Waals surface area contributed by atoms with Crippen molar-refractivity contribution in [3.8, 4) is 0 Å². The lowest BCUT2D eigenvalue weighted by Gasteiger charge is -2.04. The van der Waals surface area contributed by atoms with Crippen LogP contribution in [0.3, 0.4) is 0 Å². The van der Waals surface area contributed by atoms with Crippen LogP contribution in [0.25, 0.3) is 10.1 Å². The van der Waals surface area contributed by atoms with Gasteiger partial charge in [0.15, 0.2) is 0 Å². The first-order valence-electron chi connectivity index (χ1n) is 11.7. The molecule has 0 amide bonds. The van der Waals surface area contributed by atoms with Crippen LogP contribution in [0.4, 0.5) is 0 Å². The van der Waals surface area contributed by atoms with Gasteiger partial charge in [0.05, 0.1) is 0 Å². The molecule has 0 spiro atoms. The van der Waals surface area contributed by atoms with Gasteiger partial charge in [-0.3, -0.25) is 4.79 Å². The van der Waals surface area contributed by atoms with Gasteiger partial charge in [0.25, 0.3) is 0 Å². The van der Waals surface area contributed by atoms with Gasteiger partial charge in [-0.05, 0) is 69.9 Å². The van der Waals surface area contributed by atoms with Crippen LogP contribution in [-0.2, 0) is 4.79 Å². The number of halogens is 4. The minimum absolute atomic E-state index is 0.0679. The van der Waals surface area contributed by atoms with E-state index in [4.69, 9.17) is 46.4 Å². The summed E-state index contributed by atoms with van der Waals surface area (Å²) < 4.78 is 0. The smallest absolute Gasteiger partial charge is 0.133 e. The summed E-state index contributed by atoms with van der Waals surface area (Å²) in [7, 11) is 0. The third-order valence-electron chi connectivity index (χ3n) is 8.07. The number of hydrogen-bond acceptors (Lipinski definition) is 1. The molecule has 2 aromatic carbocycles. The fourth-order valence-electron chi connectivity index (χ4n) is 5.31. The minimum atomic E-state index is 0.0679. The zero-order valence-electron chi connectivity index (χ0n) is 19.9. The minimum Gasteiger partial charge on any atom is -0.300 e. The van der Waals surface area contributed by atoms with Crippen LogP contribution in [0.1, 0.15) is 51.7 Å². The Kier molecular flexibility index (Phi) is 7.34. The summed E-state index contributed by atoms with van der Waals surface area (Å²) in [6.45, 7) is 8.88. The van der Waals surface area contributed by atoms with Crippen molar-refractivity contribution >= 4 is 62.3 Å². The van der Waals surface area contributed by atoms with E-state index in [9.17, 15) is 4.79 Å². The summed E-state index contributed by atoms with van der Waals surface area (Å²) in [6, 6.07) is 15.1. The number of Topliss-reactive ketones (excluding diaryl/α,β-unsaturated/α-hetero) is 1. The average Bonchev–Trinajstić information content (AvgIpc) is 3.49. The summed E-state index contributed by atoms with van der Waals surface area (Å²) >= 11 is 25.1. The maximum atomic E-state index is 13.1. The summed E-state index contributed by atoms with van der Waals surface area (Å²) in [5.74, 6) is 1.54. The van der Waals surface area contributed by atoms with Crippen LogP contribution in [-0.4, -0.2) is 5.78 Å². The van der Waals surface area contributed by atoms with Crippen molar-refractivity contribution in [3.63, 3.8) is 0 Å². The Hall–Kier alpha value is -1.25. The van der Waals surface area contributed by atoms with E-state index >= 15 is 0 Å². The highest BCUT2D eigenvalue weighted by molar-refractivity contribution is 6.49. The number of carbonyl (C=O) groups excluding carboxylic acids is 1. The lowest BCUT2D eigenvalue weighted by Crippen LogP contribution is -2.05. The maximum absolute atomic E-state index is 13.1. The first-order valence-corrected chi connectivity index (χ1v) is 13.2. The molecule has 2 saturated carbocycles. The van der Waals surface area contributed by atoms with Crippen LogP contribution in [0.15, 0.2) is 60.7 Å². The largest absolute Gasteiger partial charge is 0.300 e. The fraction of sp³-hybridized carbons (Fsp3) is 0.414. The highest BCUT2D eigenvalue weighted by atomic mass is 35.5. The molecule has 0 bridgehead atoms. The van der Waals surface area contributed by atoms with Crippen molar-refractivity contribution in [2.24, 2.45) is 34.5 Å². The topological polar surface area (TPSA) is 17.1 Å². The Balaban J connectivity index is 1.37. The maximum Gasteiger partial charge on any atom is 0.133 e. The van der Waals surface area contributed by atoms with Gasteiger partial charge in [-0.25, -0.2) is 0 Å². The lowest BCUT2D eigenvalue weighted by atomic mass is 10.0. The number of hydrogen-bond donors (Lipinski definition) is 0. The van der Waals surface area contributed by atoms with Gasteiger partial charge in [-0.1, -0.05) is 111 Å². The van der Waals surface area contributed by atoms with Crippen LogP contribution >= 0.6 is 46.4 Å². The van der Waals surface area contributed by atoms with Gasteiger partial charge in [-0.2, -0.15) is 0 Å². The van der Waals surface area contributed by atoms with E-state index < -0.39 is 0 Å². The number of rotatable bonds is 8. The van der Waals surface area contributed by atoms with Gasteiger partial charge in [0, 0.05) is 33.0 Å². The zero-order chi connectivity index (χ0) is 24.8. The van der Waals surface area contributed by atoms with E-state index in [1.165, 1.54) is 0 Å². The summed E-state index contributed by atoms with van der Waals surface area (Å²) in [4.78, 5) is 13.1. The van der Waals surface area contributed by atoms with E-state index in [2.05, 4.69) is 39.8 Å². The van der Waals surface area contributed by atoms with Crippen molar-refractivity contribution in [2.75, 3.05) is 0 Å². The molecule has 2 fully saturated rings. The fourth-order valence-corrected chi connectivity index (χ4v) is 6.09. The van der Waals surface area contributed by atoms with Gasteiger partial charge >= 0.3 is 0 Å². The molecule has 2 aromatic rings. The van der Waals surface area contributed by atoms with E-state index in [1.807, 2.05) is 48.5 Å². The Labute approximate surface area is 223 Å². The molecule has 0 N–H and O–H groups in total. The molecule has 0 radical (unpaired) electrons. The first-order chi connectivity index (χ1) is 15.9. The third-order valence-corrected chi connectivity index (χ3v) is 9.26. The number of carbonyl (C=O) groups is 1. The molecule has 4 unspecified atom stereocenters. The predicted octanol–water partition coefficient (Wildman–Crippen LogP) is 9.75. The molecule has 0 saturated heterocycles. The van der Waals surface area contributed by atoms with E-state index in [0.29, 0.717) is 52.3 Å². The molecule has 0 aliphatic heterocycles. The van der Waals surface area contributed by atoms with Crippen molar-refractivity contribution in [1.29, 1.82) is 0 Å². The molecule has 34 heavy (non-hydrogen) atoms. The lowest BCUT2D eigenvalue weighted by molar-refractivity contribution is -0.120. The monoisotopic (exact) mass is 534 g/mol. The number of benzene rings is 2. The predicted molar refractivity (Wildman–Crippen MR) is 146 cm³/mol. The highest BCUT2D eigenvalue weighted by Crippen LogP contribution is 2.64. The van der Waals surface area contributed by atoms with Gasteiger partial charge in [0.2, 0.25) is 0 Å². The van der Waals surface area contributed by atoms with Crippen LogP contribution in [0, 0.1) is 34.5 Å². The molecule has 180 valence electrons. The third kappa shape index (κ3) is 5.44. The van der Waals surface area contributed by atoms with Crippen LogP contribution in [0.5, 0.6) is 0 Å². The van der Waals surface area contributed by atoms with E-state index in [-0.39, 0.29) is 10.8 Å². The normalized spacial score (nSPS) is 27.4. The quantitative estimate of drug-likeness (QED) is 0.328. The van der Waals surface area contributed by atoms with Crippen LogP contribution in [0.2, 0.25) is 10.0 Å². The molecule has 1 nitrogen and oxygen atoms in total. The van der Waals surface area contributed by atoms with Crippen molar-refractivity contribution in [1.82, 2.24) is 0 Å². The second-order valence-electron chi connectivity index (χ2n) is 10.9. The van der Waals surface area contributed by atoms with E-state index in [0.717, 1.165) is 21.2 Å². The second-order valence-corrected chi connectivity index (χ2v) is 12.6. The van der Waals surface area contributed by atoms with Crippen molar-refractivity contribution in [3.05, 3.63) is 81.9 Å². The van der Waals surface area contributed by atoms with Gasteiger partial charge in [-0.15, -0.1) is 0 Å². The highest BCUT2D eigenvalue weighted by Gasteiger charge is 2.59. The zero-order valence-corrected chi connectivity index (χ0v) is 22.9.